The standard InChI is InChI=1S/2C9H5ClF2/c2*1-2-6-5-7(10)3-4-8(6)9(11)12/h2*1,3-5,9H. The largest absolute Gasteiger partial charge is 0.265 e. The quantitative estimate of drug-likeness (QED) is 0.415. The highest BCUT2D eigenvalue weighted by Crippen LogP contribution is 2.25. The van der Waals surface area contributed by atoms with Crippen molar-refractivity contribution >= 4 is 23.2 Å². The summed E-state index contributed by atoms with van der Waals surface area (Å²) >= 11 is 11.1. The predicted octanol–water partition coefficient (Wildman–Crippen LogP) is 6.52. The predicted molar refractivity (Wildman–Crippen MR) is 88.7 cm³/mol. The molecule has 0 spiro atoms. The molecule has 0 saturated carbocycles. The van der Waals surface area contributed by atoms with E-state index in [9.17, 15) is 17.6 Å². The van der Waals surface area contributed by atoms with Gasteiger partial charge in [-0.1, -0.05) is 47.2 Å². The SMILES string of the molecule is C#Cc1cc(Cl)ccc1C(F)F.C#Cc1cc(Cl)ccc1C(F)F. The van der Waals surface area contributed by atoms with Crippen molar-refractivity contribution in [3.05, 3.63) is 68.7 Å². The molecule has 0 radical (unpaired) electrons. The van der Waals surface area contributed by atoms with Crippen molar-refractivity contribution in [2.75, 3.05) is 0 Å². The van der Waals surface area contributed by atoms with Gasteiger partial charge in [0.25, 0.3) is 12.9 Å². The Morgan fingerprint density at radius 3 is 1.29 bits per heavy atom. The Hall–Kier alpha value is -2.14. The van der Waals surface area contributed by atoms with Crippen LogP contribution in [0.2, 0.25) is 10.0 Å². The molecule has 0 atom stereocenters. The Morgan fingerprint density at radius 1 is 0.708 bits per heavy atom. The Balaban J connectivity index is 0.000000240. The summed E-state index contributed by atoms with van der Waals surface area (Å²) in [6.45, 7) is 0. The van der Waals surface area contributed by atoms with Gasteiger partial charge in [0.1, 0.15) is 0 Å². The lowest BCUT2D eigenvalue weighted by Gasteiger charge is -2.02. The van der Waals surface area contributed by atoms with E-state index in [0.29, 0.717) is 10.0 Å². The van der Waals surface area contributed by atoms with Gasteiger partial charge < -0.3 is 0 Å². The molecule has 0 heterocycles. The summed E-state index contributed by atoms with van der Waals surface area (Å²) in [7, 11) is 0. The van der Waals surface area contributed by atoms with Crippen LogP contribution < -0.4 is 0 Å². The molecule has 0 aliphatic rings. The maximum atomic E-state index is 12.2. The third-order valence-electron chi connectivity index (χ3n) is 2.81. The minimum Gasteiger partial charge on any atom is -0.205 e. The van der Waals surface area contributed by atoms with E-state index in [0.717, 1.165) is 0 Å². The lowest BCUT2D eigenvalue weighted by molar-refractivity contribution is 0.150. The van der Waals surface area contributed by atoms with Gasteiger partial charge in [-0.05, 0) is 24.3 Å². The first kappa shape index (κ1) is 19.9. The third kappa shape index (κ3) is 5.49. The number of rotatable bonds is 2. The molecule has 6 heteroatoms. The maximum Gasteiger partial charge on any atom is 0.265 e. The average molecular weight is 373 g/mol. The van der Waals surface area contributed by atoms with Crippen molar-refractivity contribution < 1.29 is 17.6 Å². The number of hydrogen-bond donors (Lipinski definition) is 0. The van der Waals surface area contributed by atoms with Crippen LogP contribution in [0.5, 0.6) is 0 Å². The van der Waals surface area contributed by atoms with Crippen LogP contribution in [0.15, 0.2) is 36.4 Å². The second-order valence-corrected chi connectivity index (χ2v) is 5.23. The smallest absolute Gasteiger partial charge is 0.205 e. The number of terminal acetylenes is 2. The number of alkyl halides is 4. The van der Waals surface area contributed by atoms with E-state index >= 15 is 0 Å². The van der Waals surface area contributed by atoms with Gasteiger partial charge in [-0.2, -0.15) is 0 Å². The molecule has 0 aliphatic carbocycles. The Morgan fingerprint density at radius 2 is 1.04 bits per heavy atom. The Labute approximate surface area is 147 Å². The van der Waals surface area contributed by atoms with Gasteiger partial charge in [0.15, 0.2) is 0 Å². The first-order valence-corrected chi connectivity index (χ1v) is 7.14. The zero-order valence-electron chi connectivity index (χ0n) is 12.0. The first-order valence-electron chi connectivity index (χ1n) is 6.38. The molecule has 0 amide bonds. The number of halogens is 6. The zero-order chi connectivity index (χ0) is 18.3. The third-order valence-corrected chi connectivity index (χ3v) is 3.28. The van der Waals surface area contributed by atoms with Gasteiger partial charge in [-0.3, -0.25) is 0 Å². The van der Waals surface area contributed by atoms with E-state index < -0.39 is 12.9 Å². The van der Waals surface area contributed by atoms with Crippen LogP contribution in [-0.2, 0) is 0 Å². The van der Waals surface area contributed by atoms with Crippen molar-refractivity contribution in [2.24, 2.45) is 0 Å². The van der Waals surface area contributed by atoms with Crippen molar-refractivity contribution in [2.45, 2.75) is 12.9 Å². The van der Waals surface area contributed by atoms with E-state index in [1.807, 2.05) is 0 Å². The molecule has 0 saturated heterocycles. The van der Waals surface area contributed by atoms with Crippen molar-refractivity contribution in [1.82, 2.24) is 0 Å². The monoisotopic (exact) mass is 372 g/mol. The van der Waals surface area contributed by atoms with Crippen LogP contribution in [0.1, 0.15) is 35.1 Å². The van der Waals surface area contributed by atoms with Crippen LogP contribution in [-0.4, -0.2) is 0 Å². The average Bonchev–Trinajstić information content (AvgIpc) is 2.54. The summed E-state index contributed by atoms with van der Waals surface area (Å²) in [6, 6.07) is 7.96. The van der Waals surface area contributed by atoms with E-state index in [2.05, 4.69) is 11.8 Å². The fourth-order valence-corrected chi connectivity index (χ4v) is 2.03. The van der Waals surface area contributed by atoms with E-state index in [1.54, 1.807) is 0 Å². The molecule has 24 heavy (non-hydrogen) atoms. The molecule has 0 unspecified atom stereocenters. The molecule has 2 aromatic carbocycles. The van der Waals surface area contributed by atoms with Crippen molar-refractivity contribution in [3.8, 4) is 24.7 Å². The molecule has 0 nitrogen and oxygen atoms in total. The summed E-state index contributed by atoms with van der Waals surface area (Å²) in [4.78, 5) is 0. The second kappa shape index (κ2) is 9.23. The molecular weight excluding hydrogens is 363 g/mol. The number of benzene rings is 2. The van der Waals surface area contributed by atoms with Crippen LogP contribution in [0.4, 0.5) is 17.6 Å². The van der Waals surface area contributed by atoms with Gasteiger partial charge in [-0.15, -0.1) is 12.8 Å². The molecule has 2 aromatic rings. The molecular formula is C18H10Cl2F4. The van der Waals surface area contributed by atoms with Gasteiger partial charge >= 0.3 is 0 Å². The zero-order valence-corrected chi connectivity index (χ0v) is 13.6. The molecule has 0 N–H and O–H groups in total. The molecule has 2 rings (SSSR count). The molecule has 0 aliphatic heterocycles. The van der Waals surface area contributed by atoms with E-state index in [1.165, 1.54) is 36.4 Å². The fraction of sp³-hybridized carbons (Fsp3) is 0.111. The van der Waals surface area contributed by atoms with Crippen LogP contribution in [0, 0.1) is 24.7 Å². The highest BCUT2D eigenvalue weighted by Gasteiger charge is 2.11. The lowest BCUT2D eigenvalue weighted by atomic mass is 10.1. The lowest BCUT2D eigenvalue weighted by Crippen LogP contribution is -1.89. The Kier molecular flexibility index (Phi) is 7.65. The minimum atomic E-state index is -2.55. The summed E-state index contributed by atoms with van der Waals surface area (Å²) in [5, 5.41) is 0.736. The summed E-state index contributed by atoms with van der Waals surface area (Å²) in [5.74, 6) is 4.31. The van der Waals surface area contributed by atoms with Gasteiger partial charge in [-0.25, -0.2) is 17.6 Å². The number of hydrogen-bond acceptors (Lipinski definition) is 0. The van der Waals surface area contributed by atoms with E-state index in [-0.39, 0.29) is 22.3 Å². The van der Waals surface area contributed by atoms with Crippen molar-refractivity contribution in [1.29, 1.82) is 0 Å². The Bertz CT molecular complexity index is 719. The van der Waals surface area contributed by atoms with Gasteiger partial charge in [0.2, 0.25) is 0 Å². The molecule has 124 valence electrons. The van der Waals surface area contributed by atoms with Crippen LogP contribution >= 0.6 is 23.2 Å². The minimum absolute atomic E-state index is 0.150. The van der Waals surface area contributed by atoms with E-state index in [4.69, 9.17) is 36.0 Å². The molecule has 0 aromatic heterocycles. The highest BCUT2D eigenvalue weighted by molar-refractivity contribution is 6.31. The first-order chi connectivity index (χ1) is 11.3. The summed E-state index contributed by atoms with van der Waals surface area (Å²) < 4.78 is 48.8. The highest BCUT2D eigenvalue weighted by atomic mass is 35.5. The fourth-order valence-electron chi connectivity index (χ4n) is 1.69. The topological polar surface area (TPSA) is 0 Å². The van der Waals surface area contributed by atoms with Gasteiger partial charge in [0, 0.05) is 32.3 Å². The van der Waals surface area contributed by atoms with Gasteiger partial charge in [0.05, 0.1) is 0 Å². The van der Waals surface area contributed by atoms with Crippen LogP contribution in [0.25, 0.3) is 0 Å². The summed E-state index contributed by atoms with van der Waals surface area (Å²) in [5.41, 5.74) is -0.00111. The molecule has 0 bridgehead atoms. The normalized spacial score (nSPS) is 9.92. The molecule has 0 fully saturated rings. The van der Waals surface area contributed by atoms with Crippen LogP contribution in [0.3, 0.4) is 0 Å². The maximum absolute atomic E-state index is 12.2. The second-order valence-electron chi connectivity index (χ2n) is 4.35. The summed E-state index contributed by atoms with van der Waals surface area (Å²) in [6.07, 6.45) is 4.93. The van der Waals surface area contributed by atoms with Crippen molar-refractivity contribution in [3.63, 3.8) is 0 Å².